The number of ether oxygens (including phenoxy) is 3. The van der Waals surface area contributed by atoms with Crippen molar-refractivity contribution in [2.45, 2.75) is 25.4 Å². The number of nitrogens with zero attached hydrogens (tertiary/aromatic N) is 4. The van der Waals surface area contributed by atoms with Crippen LogP contribution in [0.5, 0.6) is 11.6 Å². The molecule has 0 saturated carbocycles. The molecule has 0 aliphatic carbocycles. The molecule has 26 heavy (non-hydrogen) atoms. The highest BCUT2D eigenvalue weighted by Crippen LogP contribution is 2.42. The highest BCUT2D eigenvalue weighted by Gasteiger charge is 2.42. The molecule has 138 valence electrons. The van der Waals surface area contributed by atoms with Gasteiger partial charge in [0.15, 0.2) is 0 Å². The lowest BCUT2D eigenvalue weighted by atomic mass is 9.76. The Bertz CT molecular complexity index is 720. The number of hydrogen-bond acceptors (Lipinski definition) is 7. The number of piperidine rings is 1. The second-order valence-electron chi connectivity index (χ2n) is 7.04. The second-order valence-corrected chi connectivity index (χ2v) is 7.04. The molecule has 0 aromatic carbocycles. The first-order valence-electron chi connectivity index (χ1n) is 9.02. The van der Waals surface area contributed by atoms with Gasteiger partial charge in [-0.15, -0.1) is 0 Å². The van der Waals surface area contributed by atoms with E-state index in [1.807, 2.05) is 18.2 Å². The van der Waals surface area contributed by atoms with E-state index in [9.17, 15) is 0 Å². The van der Waals surface area contributed by atoms with Gasteiger partial charge in [0.05, 0.1) is 26.0 Å². The lowest BCUT2D eigenvalue weighted by Gasteiger charge is -2.39. The van der Waals surface area contributed by atoms with E-state index in [2.05, 4.69) is 19.9 Å². The van der Waals surface area contributed by atoms with Crippen LogP contribution in [-0.2, 0) is 4.74 Å². The Balaban J connectivity index is 1.30. The summed E-state index contributed by atoms with van der Waals surface area (Å²) in [5.74, 6) is 2.33. The van der Waals surface area contributed by atoms with Crippen LogP contribution in [0.4, 0.5) is 5.82 Å². The van der Waals surface area contributed by atoms with Crippen LogP contribution in [0.3, 0.4) is 0 Å². The van der Waals surface area contributed by atoms with E-state index in [4.69, 9.17) is 14.2 Å². The molecule has 0 N–H and O–H groups in total. The van der Waals surface area contributed by atoms with Crippen molar-refractivity contribution in [3.8, 4) is 11.6 Å². The fourth-order valence-electron chi connectivity index (χ4n) is 3.80. The molecular weight excluding hydrogens is 332 g/mol. The van der Waals surface area contributed by atoms with Gasteiger partial charge in [-0.3, -0.25) is 4.98 Å². The Kier molecular flexibility index (Phi) is 4.88. The standard InChI is InChI=1S/C19H24N4O3/c1-24-18-9-17(21-14-22-18)23-7-4-19(5-8-23)10-16(26-13-19)12-25-15-3-2-6-20-11-15/h2-3,6,9,11,14,16H,4-5,7-8,10,12-13H2,1H3/t16-/m0/s1. The summed E-state index contributed by atoms with van der Waals surface area (Å²) >= 11 is 0. The third kappa shape index (κ3) is 3.72. The normalized spacial score (nSPS) is 21.7. The molecule has 4 rings (SSSR count). The molecule has 0 amide bonds. The number of pyridine rings is 1. The first-order chi connectivity index (χ1) is 12.8. The molecule has 0 radical (unpaired) electrons. The topological polar surface area (TPSA) is 69.6 Å². The minimum absolute atomic E-state index is 0.154. The quantitative estimate of drug-likeness (QED) is 0.814. The van der Waals surface area contributed by atoms with Crippen LogP contribution in [0.15, 0.2) is 36.9 Å². The minimum Gasteiger partial charge on any atom is -0.489 e. The molecule has 2 aliphatic heterocycles. The summed E-state index contributed by atoms with van der Waals surface area (Å²) in [4.78, 5) is 14.8. The predicted octanol–water partition coefficient (Wildman–Crippen LogP) is 2.33. The highest BCUT2D eigenvalue weighted by molar-refractivity contribution is 5.41. The summed E-state index contributed by atoms with van der Waals surface area (Å²) < 4.78 is 17.0. The summed E-state index contributed by atoms with van der Waals surface area (Å²) in [6, 6.07) is 5.70. The summed E-state index contributed by atoms with van der Waals surface area (Å²) in [6.45, 7) is 3.34. The Hall–Kier alpha value is -2.41. The fraction of sp³-hybridized carbons (Fsp3) is 0.526. The largest absolute Gasteiger partial charge is 0.489 e. The van der Waals surface area contributed by atoms with Crippen LogP contribution >= 0.6 is 0 Å². The molecule has 1 atom stereocenters. The average molecular weight is 356 g/mol. The molecule has 0 unspecified atom stereocenters. The molecule has 2 aromatic rings. The maximum atomic E-state index is 6.04. The van der Waals surface area contributed by atoms with Crippen LogP contribution in [0, 0.1) is 5.41 Å². The van der Waals surface area contributed by atoms with Crippen molar-refractivity contribution in [1.82, 2.24) is 15.0 Å². The third-order valence-electron chi connectivity index (χ3n) is 5.34. The van der Waals surface area contributed by atoms with Crippen molar-refractivity contribution in [1.29, 1.82) is 0 Å². The molecular formula is C19H24N4O3. The van der Waals surface area contributed by atoms with Crippen molar-refractivity contribution in [3.05, 3.63) is 36.9 Å². The van der Waals surface area contributed by atoms with Crippen molar-refractivity contribution < 1.29 is 14.2 Å². The summed E-state index contributed by atoms with van der Waals surface area (Å²) in [5.41, 5.74) is 0.260. The van der Waals surface area contributed by atoms with E-state index in [-0.39, 0.29) is 11.5 Å². The lowest BCUT2D eigenvalue weighted by molar-refractivity contribution is 0.0577. The zero-order valence-electron chi connectivity index (χ0n) is 15.0. The van der Waals surface area contributed by atoms with Crippen LogP contribution in [0.1, 0.15) is 19.3 Å². The number of hydrogen-bond donors (Lipinski definition) is 0. The Labute approximate surface area is 153 Å². The van der Waals surface area contributed by atoms with Gasteiger partial charge in [0.25, 0.3) is 0 Å². The van der Waals surface area contributed by atoms with Gasteiger partial charge in [0, 0.05) is 25.4 Å². The van der Waals surface area contributed by atoms with E-state index >= 15 is 0 Å². The molecule has 7 nitrogen and oxygen atoms in total. The maximum Gasteiger partial charge on any atom is 0.218 e. The van der Waals surface area contributed by atoms with E-state index in [1.54, 1.807) is 25.8 Å². The van der Waals surface area contributed by atoms with Crippen LogP contribution in [0.2, 0.25) is 0 Å². The first-order valence-corrected chi connectivity index (χ1v) is 9.02. The van der Waals surface area contributed by atoms with Gasteiger partial charge in [0.2, 0.25) is 5.88 Å². The fourth-order valence-corrected chi connectivity index (χ4v) is 3.80. The number of methoxy groups -OCH3 is 1. The maximum absolute atomic E-state index is 6.04. The SMILES string of the molecule is COc1cc(N2CCC3(CC2)CO[C@H](COc2cccnc2)C3)ncn1. The molecule has 2 saturated heterocycles. The van der Waals surface area contributed by atoms with Gasteiger partial charge >= 0.3 is 0 Å². The summed E-state index contributed by atoms with van der Waals surface area (Å²) in [6.07, 6.45) is 8.44. The molecule has 1 spiro atoms. The van der Waals surface area contributed by atoms with Crippen molar-refractivity contribution in [2.75, 3.05) is 38.3 Å². The molecule has 7 heteroatoms. The highest BCUT2D eigenvalue weighted by atomic mass is 16.5. The van der Waals surface area contributed by atoms with Gasteiger partial charge in [-0.1, -0.05) is 0 Å². The Morgan fingerprint density at radius 3 is 2.96 bits per heavy atom. The Morgan fingerprint density at radius 2 is 2.19 bits per heavy atom. The predicted molar refractivity (Wildman–Crippen MR) is 96.6 cm³/mol. The van der Waals surface area contributed by atoms with Crippen molar-refractivity contribution >= 4 is 5.82 Å². The van der Waals surface area contributed by atoms with Crippen molar-refractivity contribution in [2.24, 2.45) is 5.41 Å². The zero-order chi connectivity index (χ0) is 17.8. The summed E-state index contributed by atoms with van der Waals surface area (Å²) in [5, 5.41) is 0. The number of anilines is 1. The minimum atomic E-state index is 0.154. The van der Waals surface area contributed by atoms with Gasteiger partial charge in [-0.05, 0) is 36.8 Å². The first kappa shape index (κ1) is 17.0. The second kappa shape index (κ2) is 7.45. The van der Waals surface area contributed by atoms with Crippen LogP contribution in [-0.4, -0.2) is 54.5 Å². The van der Waals surface area contributed by atoms with E-state index in [1.165, 1.54) is 0 Å². The smallest absolute Gasteiger partial charge is 0.218 e. The monoisotopic (exact) mass is 356 g/mol. The molecule has 2 aliphatic rings. The lowest BCUT2D eigenvalue weighted by Crippen LogP contribution is -2.41. The van der Waals surface area contributed by atoms with Gasteiger partial charge in [0.1, 0.15) is 24.5 Å². The van der Waals surface area contributed by atoms with E-state index in [0.717, 1.165) is 50.5 Å². The van der Waals surface area contributed by atoms with Crippen molar-refractivity contribution in [3.63, 3.8) is 0 Å². The number of aromatic nitrogens is 3. The molecule has 0 bridgehead atoms. The zero-order valence-corrected chi connectivity index (χ0v) is 15.0. The molecule has 4 heterocycles. The Morgan fingerprint density at radius 1 is 1.31 bits per heavy atom. The van der Waals surface area contributed by atoms with E-state index in [0.29, 0.717) is 12.5 Å². The van der Waals surface area contributed by atoms with Gasteiger partial charge in [-0.25, -0.2) is 9.97 Å². The van der Waals surface area contributed by atoms with Gasteiger partial charge < -0.3 is 19.1 Å². The van der Waals surface area contributed by atoms with Crippen LogP contribution < -0.4 is 14.4 Å². The summed E-state index contributed by atoms with van der Waals surface area (Å²) in [7, 11) is 1.63. The molecule has 2 fully saturated rings. The molecule has 2 aromatic heterocycles. The van der Waals surface area contributed by atoms with E-state index < -0.39 is 0 Å². The average Bonchev–Trinajstić information content (AvgIpc) is 3.10. The third-order valence-corrected chi connectivity index (χ3v) is 5.34. The van der Waals surface area contributed by atoms with Crippen LogP contribution in [0.25, 0.3) is 0 Å². The number of rotatable bonds is 5. The van der Waals surface area contributed by atoms with Gasteiger partial charge in [-0.2, -0.15) is 0 Å².